The molecule has 0 spiro atoms. The maximum absolute atomic E-state index is 4.61. The van der Waals surface area contributed by atoms with Crippen LogP contribution in [0.3, 0.4) is 0 Å². The van der Waals surface area contributed by atoms with Crippen LogP contribution >= 0.6 is 0 Å². The number of nitrogens with zero attached hydrogens (tertiary/aromatic N) is 1. The zero-order valence-corrected chi connectivity index (χ0v) is 9.23. The molecule has 0 saturated heterocycles. The van der Waals surface area contributed by atoms with Crippen LogP contribution in [0.2, 0.25) is 0 Å². The molecule has 1 aliphatic rings. The van der Waals surface area contributed by atoms with E-state index < -0.39 is 0 Å². The summed E-state index contributed by atoms with van der Waals surface area (Å²) in [6.45, 7) is 0. The molecule has 0 N–H and O–H groups in total. The number of hydrogen-bond donors (Lipinski definition) is 0. The van der Waals surface area contributed by atoms with E-state index in [0.717, 1.165) is 0 Å². The Bertz CT molecular complexity index is 302. The van der Waals surface area contributed by atoms with Crippen molar-refractivity contribution in [1.29, 1.82) is 0 Å². The molecule has 0 aliphatic carbocycles. The quantitative estimate of drug-likeness (QED) is 0.708. The van der Waals surface area contributed by atoms with E-state index in [1.54, 1.807) is 0 Å². The molecule has 0 saturated carbocycles. The Kier molecular flexibility index (Phi) is 3.95. The number of aliphatic imine (C=N–C) groups is 1. The first-order valence-corrected chi connectivity index (χ1v) is 6.01. The topological polar surface area (TPSA) is 12.4 Å². The van der Waals surface area contributed by atoms with Crippen molar-refractivity contribution in [2.45, 2.75) is 44.6 Å². The van der Waals surface area contributed by atoms with Gasteiger partial charge in [0.05, 0.1) is 0 Å². The minimum absolute atomic E-state index is 0.577. The smallest absolute Gasteiger partial charge is 0.0498 e. The summed E-state index contributed by atoms with van der Waals surface area (Å²) in [5.74, 6) is 0. The van der Waals surface area contributed by atoms with Crippen molar-refractivity contribution in [3.05, 3.63) is 35.9 Å². The highest BCUT2D eigenvalue weighted by molar-refractivity contribution is 5.57. The highest BCUT2D eigenvalue weighted by Crippen LogP contribution is 2.15. The lowest BCUT2D eigenvalue weighted by molar-refractivity contribution is 0.554. The van der Waals surface area contributed by atoms with Crippen LogP contribution in [0.1, 0.15) is 37.7 Å². The van der Waals surface area contributed by atoms with Gasteiger partial charge in [0, 0.05) is 6.04 Å². The van der Waals surface area contributed by atoms with E-state index in [1.165, 1.54) is 44.1 Å². The molecule has 0 radical (unpaired) electrons. The van der Waals surface area contributed by atoms with Gasteiger partial charge in [0.15, 0.2) is 0 Å². The molecule has 0 aromatic heterocycles. The summed E-state index contributed by atoms with van der Waals surface area (Å²) in [7, 11) is 0. The predicted molar refractivity (Wildman–Crippen MR) is 65.5 cm³/mol. The molecule has 15 heavy (non-hydrogen) atoms. The summed E-state index contributed by atoms with van der Waals surface area (Å²) in [4.78, 5) is 4.61. The second kappa shape index (κ2) is 5.69. The molecule has 80 valence electrons. The lowest BCUT2D eigenvalue weighted by atomic mass is 10.0. The standard InChI is InChI=1S/C14H19N/c1-3-7-13(8-4-1)10-11-14-9-5-2-6-12-15-14/h1,3-4,7-8,12,14H,2,5-6,9-11H2. The van der Waals surface area contributed by atoms with Gasteiger partial charge in [0.2, 0.25) is 0 Å². The molecule has 1 aromatic rings. The van der Waals surface area contributed by atoms with E-state index in [-0.39, 0.29) is 0 Å². The van der Waals surface area contributed by atoms with Gasteiger partial charge >= 0.3 is 0 Å². The minimum atomic E-state index is 0.577. The predicted octanol–water partition coefficient (Wildman–Crippen LogP) is 3.63. The van der Waals surface area contributed by atoms with Crippen LogP contribution in [0.25, 0.3) is 0 Å². The zero-order valence-electron chi connectivity index (χ0n) is 9.23. The fourth-order valence-corrected chi connectivity index (χ4v) is 2.11. The molecule has 1 heterocycles. The summed E-state index contributed by atoms with van der Waals surface area (Å²) < 4.78 is 0. The van der Waals surface area contributed by atoms with Crippen molar-refractivity contribution >= 4 is 6.21 Å². The Balaban J connectivity index is 1.82. The number of hydrogen-bond acceptors (Lipinski definition) is 1. The zero-order chi connectivity index (χ0) is 10.3. The van der Waals surface area contributed by atoms with E-state index >= 15 is 0 Å². The number of benzene rings is 1. The molecule has 2 rings (SSSR count). The van der Waals surface area contributed by atoms with Crippen molar-refractivity contribution in [3.63, 3.8) is 0 Å². The van der Waals surface area contributed by atoms with Crippen LogP contribution in [-0.2, 0) is 6.42 Å². The van der Waals surface area contributed by atoms with E-state index in [9.17, 15) is 0 Å². The summed E-state index contributed by atoms with van der Waals surface area (Å²) in [5.41, 5.74) is 1.44. The first kappa shape index (κ1) is 10.4. The Morgan fingerprint density at radius 2 is 2.00 bits per heavy atom. The highest BCUT2D eigenvalue weighted by atomic mass is 14.8. The van der Waals surface area contributed by atoms with Crippen molar-refractivity contribution in [2.24, 2.45) is 4.99 Å². The van der Waals surface area contributed by atoms with E-state index in [2.05, 4.69) is 41.5 Å². The van der Waals surface area contributed by atoms with E-state index in [0.29, 0.717) is 6.04 Å². The Hall–Kier alpha value is -1.11. The SMILES string of the molecule is C1=NC(CCc2ccccc2)CCCC1. The first-order chi connectivity index (χ1) is 7.45. The average molecular weight is 201 g/mol. The summed E-state index contributed by atoms with van der Waals surface area (Å²) in [6.07, 6.45) is 9.64. The lowest BCUT2D eigenvalue weighted by Gasteiger charge is -2.09. The molecule has 1 atom stereocenters. The second-order valence-electron chi connectivity index (χ2n) is 4.29. The van der Waals surface area contributed by atoms with Crippen LogP contribution in [0, 0.1) is 0 Å². The summed E-state index contributed by atoms with van der Waals surface area (Å²) >= 11 is 0. The van der Waals surface area contributed by atoms with Gasteiger partial charge in [-0.15, -0.1) is 0 Å². The van der Waals surface area contributed by atoms with Crippen LogP contribution in [0.5, 0.6) is 0 Å². The third-order valence-electron chi connectivity index (χ3n) is 3.05. The van der Waals surface area contributed by atoms with Crippen LogP contribution in [0.4, 0.5) is 0 Å². The van der Waals surface area contributed by atoms with Gasteiger partial charge in [0.1, 0.15) is 0 Å². The van der Waals surface area contributed by atoms with Gasteiger partial charge in [-0.1, -0.05) is 36.8 Å². The monoisotopic (exact) mass is 201 g/mol. The highest BCUT2D eigenvalue weighted by Gasteiger charge is 2.08. The molecular formula is C14H19N. The molecular weight excluding hydrogens is 182 g/mol. The molecule has 0 amide bonds. The van der Waals surface area contributed by atoms with Crippen molar-refractivity contribution in [3.8, 4) is 0 Å². The normalized spacial score (nSPS) is 21.2. The molecule has 1 nitrogen and oxygen atoms in total. The van der Waals surface area contributed by atoms with Gasteiger partial charge in [-0.3, -0.25) is 4.99 Å². The summed E-state index contributed by atoms with van der Waals surface area (Å²) in [6, 6.07) is 11.3. The van der Waals surface area contributed by atoms with Crippen LogP contribution in [0.15, 0.2) is 35.3 Å². The maximum atomic E-state index is 4.61. The molecule has 1 aromatic carbocycles. The van der Waals surface area contributed by atoms with Gasteiger partial charge < -0.3 is 0 Å². The number of rotatable bonds is 3. The van der Waals surface area contributed by atoms with E-state index in [1.807, 2.05) is 0 Å². The third-order valence-corrected chi connectivity index (χ3v) is 3.05. The van der Waals surface area contributed by atoms with Crippen molar-refractivity contribution in [2.75, 3.05) is 0 Å². The van der Waals surface area contributed by atoms with Gasteiger partial charge in [-0.05, 0) is 43.9 Å². The molecule has 0 bridgehead atoms. The van der Waals surface area contributed by atoms with Gasteiger partial charge in [0.25, 0.3) is 0 Å². The third kappa shape index (κ3) is 3.50. The van der Waals surface area contributed by atoms with Crippen LogP contribution in [-0.4, -0.2) is 12.3 Å². The number of aryl methyl sites for hydroxylation is 1. The van der Waals surface area contributed by atoms with E-state index in [4.69, 9.17) is 0 Å². The average Bonchev–Trinajstić information content (AvgIpc) is 2.56. The fourth-order valence-electron chi connectivity index (χ4n) is 2.11. The Morgan fingerprint density at radius 1 is 1.13 bits per heavy atom. The minimum Gasteiger partial charge on any atom is -0.294 e. The summed E-state index contributed by atoms with van der Waals surface area (Å²) in [5, 5.41) is 0. The maximum Gasteiger partial charge on any atom is 0.0498 e. The molecule has 1 unspecified atom stereocenters. The van der Waals surface area contributed by atoms with Crippen LogP contribution < -0.4 is 0 Å². The second-order valence-corrected chi connectivity index (χ2v) is 4.29. The van der Waals surface area contributed by atoms with Crippen molar-refractivity contribution in [1.82, 2.24) is 0 Å². The van der Waals surface area contributed by atoms with Gasteiger partial charge in [-0.25, -0.2) is 0 Å². The Morgan fingerprint density at radius 3 is 2.87 bits per heavy atom. The fraction of sp³-hybridized carbons (Fsp3) is 0.500. The van der Waals surface area contributed by atoms with Gasteiger partial charge in [-0.2, -0.15) is 0 Å². The Labute approximate surface area is 92.2 Å². The molecule has 0 fully saturated rings. The molecule has 1 heteroatoms. The van der Waals surface area contributed by atoms with Crippen molar-refractivity contribution < 1.29 is 0 Å². The first-order valence-electron chi connectivity index (χ1n) is 6.01. The molecule has 1 aliphatic heterocycles. The largest absolute Gasteiger partial charge is 0.294 e. The lowest BCUT2D eigenvalue weighted by Crippen LogP contribution is -2.04.